The fourth-order valence-electron chi connectivity index (χ4n) is 2.27. The number of hydrogen-bond donors (Lipinski definition) is 1. The molecule has 0 radical (unpaired) electrons. The van der Waals surface area contributed by atoms with Crippen LogP contribution in [0.3, 0.4) is 0 Å². The van der Waals surface area contributed by atoms with Crippen molar-refractivity contribution in [1.29, 1.82) is 0 Å². The Kier molecular flexibility index (Phi) is 3.53. The zero-order valence-corrected chi connectivity index (χ0v) is 11.5. The molecule has 1 aliphatic heterocycles. The van der Waals surface area contributed by atoms with E-state index in [1.807, 2.05) is 36.4 Å². The quantitative estimate of drug-likeness (QED) is 0.533. The summed E-state index contributed by atoms with van der Waals surface area (Å²) in [5, 5.41) is 13.6. The Labute approximate surface area is 126 Å². The van der Waals surface area contributed by atoms with Crippen molar-refractivity contribution in [3.8, 4) is 0 Å². The first-order valence-corrected chi connectivity index (χ1v) is 6.69. The van der Waals surface area contributed by atoms with Gasteiger partial charge in [0.1, 0.15) is 0 Å². The number of anilines is 1. The van der Waals surface area contributed by atoms with Crippen LogP contribution in [0.1, 0.15) is 11.1 Å². The number of nitro benzene ring substituents is 1. The number of benzene rings is 2. The molecule has 3 rings (SSSR count). The van der Waals surface area contributed by atoms with E-state index in [0.29, 0.717) is 16.8 Å². The lowest BCUT2D eigenvalue weighted by Crippen LogP contribution is -2.03. The second kappa shape index (κ2) is 5.65. The lowest BCUT2D eigenvalue weighted by molar-refractivity contribution is -0.384. The highest BCUT2D eigenvalue weighted by Gasteiger charge is 2.25. The van der Waals surface area contributed by atoms with Crippen molar-refractivity contribution >= 4 is 28.9 Å². The second-order valence-corrected chi connectivity index (χ2v) is 4.79. The van der Waals surface area contributed by atoms with Crippen LogP contribution < -0.4 is 5.32 Å². The van der Waals surface area contributed by atoms with E-state index >= 15 is 0 Å². The average Bonchev–Trinajstić information content (AvgIpc) is 2.83. The number of non-ortho nitro benzene ring substituents is 1. The van der Waals surface area contributed by atoms with E-state index in [0.717, 1.165) is 5.56 Å². The Balaban J connectivity index is 1.94. The van der Waals surface area contributed by atoms with Crippen molar-refractivity contribution in [2.75, 3.05) is 5.32 Å². The molecule has 5 nitrogen and oxygen atoms in total. The van der Waals surface area contributed by atoms with Gasteiger partial charge >= 0.3 is 0 Å². The summed E-state index contributed by atoms with van der Waals surface area (Å²) < 4.78 is 0. The predicted octanol–water partition coefficient (Wildman–Crippen LogP) is 3.64. The molecule has 0 bridgehead atoms. The monoisotopic (exact) mass is 292 g/mol. The van der Waals surface area contributed by atoms with Crippen molar-refractivity contribution in [1.82, 2.24) is 0 Å². The minimum atomic E-state index is -0.472. The highest BCUT2D eigenvalue weighted by molar-refractivity contribution is 6.31. The molecule has 1 N–H and O–H groups in total. The standard InChI is InChI=1S/C17H12N2O3/c20-17-14(8-4-7-12-5-2-1-3-6-12)15-11-13(19(21)22)9-10-16(15)18-17/h1-11H,(H,18,20). The van der Waals surface area contributed by atoms with Crippen LogP contribution in [0.25, 0.3) is 11.6 Å². The van der Waals surface area contributed by atoms with Crippen LogP contribution >= 0.6 is 0 Å². The molecule has 5 heteroatoms. The van der Waals surface area contributed by atoms with Gasteiger partial charge in [0.15, 0.2) is 0 Å². The average molecular weight is 292 g/mol. The molecular weight excluding hydrogens is 280 g/mol. The molecule has 0 unspecified atom stereocenters. The molecule has 1 aliphatic rings. The number of carbonyl (C=O) groups excluding carboxylic acids is 1. The molecule has 2 aromatic carbocycles. The number of nitrogens with zero attached hydrogens (tertiary/aromatic N) is 1. The fourth-order valence-corrected chi connectivity index (χ4v) is 2.27. The highest BCUT2D eigenvalue weighted by atomic mass is 16.6. The van der Waals surface area contributed by atoms with E-state index in [-0.39, 0.29) is 11.6 Å². The number of allylic oxidation sites excluding steroid dienone is 2. The van der Waals surface area contributed by atoms with Gasteiger partial charge in [-0.05, 0) is 17.7 Å². The zero-order valence-electron chi connectivity index (χ0n) is 11.5. The minimum Gasteiger partial charge on any atom is -0.321 e. The van der Waals surface area contributed by atoms with Gasteiger partial charge in [0.2, 0.25) is 0 Å². The first-order chi connectivity index (χ1) is 10.6. The number of fused-ring (bicyclic) bond motifs is 1. The number of nitro groups is 1. The van der Waals surface area contributed by atoms with Crippen molar-refractivity contribution in [3.63, 3.8) is 0 Å². The van der Waals surface area contributed by atoms with Crippen LogP contribution in [-0.2, 0) is 4.79 Å². The van der Waals surface area contributed by atoms with Crippen molar-refractivity contribution in [3.05, 3.63) is 81.9 Å². The maximum absolute atomic E-state index is 12.0. The Hall–Kier alpha value is -3.21. The van der Waals surface area contributed by atoms with Crippen LogP contribution in [-0.4, -0.2) is 10.8 Å². The molecule has 2 aromatic rings. The Morgan fingerprint density at radius 2 is 1.86 bits per heavy atom. The largest absolute Gasteiger partial charge is 0.321 e. The van der Waals surface area contributed by atoms with E-state index in [1.165, 1.54) is 12.1 Å². The van der Waals surface area contributed by atoms with Crippen LogP contribution in [0.15, 0.2) is 60.7 Å². The van der Waals surface area contributed by atoms with E-state index in [1.54, 1.807) is 18.2 Å². The number of nitrogens with one attached hydrogen (secondary N) is 1. The van der Waals surface area contributed by atoms with Gasteiger partial charge < -0.3 is 5.32 Å². The molecule has 0 aromatic heterocycles. The molecule has 1 heterocycles. The molecule has 0 spiro atoms. The van der Waals surface area contributed by atoms with Crippen molar-refractivity contribution in [2.24, 2.45) is 0 Å². The molecule has 0 saturated carbocycles. The SMILES string of the molecule is O=C1Nc2ccc([N+](=O)[O-])cc2C1=CC=Cc1ccccc1. The summed E-state index contributed by atoms with van der Waals surface area (Å²) >= 11 is 0. The Morgan fingerprint density at radius 3 is 2.59 bits per heavy atom. The van der Waals surface area contributed by atoms with Gasteiger partial charge in [0, 0.05) is 29.0 Å². The summed E-state index contributed by atoms with van der Waals surface area (Å²) in [7, 11) is 0. The number of carbonyl (C=O) groups is 1. The molecule has 0 atom stereocenters. The maximum Gasteiger partial charge on any atom is 0.270 e. The fraction of sp³-hybridized carbons (Fsp3) is 0. The molecule has 0 aliphatic carbocycles. The summed E-state index contributed by atoms with van der Waals surface area (Å²) in [5.74, 6) is -0.256. The Bertz CT molecular complexity index is 808. The van der Waals surface area contributed by atoms with Gasteiger partial charge in [-0.2, -0.15) is 0 Å². The van der Waals surface area contributed by atoms with Crippen molar-refractivity contribution < 1.29 is 9.72 Å². The van der Waals surface area contributed by atoms with Gasteiger partial charge in [-0.15, -0.1) is 0 Å². The predicted molar refractivity (Wildman–Crippen MR) is 85.2 cm³/mol. The third-order valence-corrected chi connectivity index (χ3v) is 3.35. The third-order valence-electron chi connectivity index (χ3n) is 3.35. The summed E-state index contributed by atoms with van der Waals surface area (Å²) in [6.45, 7) is 0. The summed E-state index contributed by atoms with van der Waals surface area (Å²) in [6, 6.07) is 14.0. The zero-order chi connectivity index (χ0) is 15.5. The van der Waals surface area contributed by atoms with Gasteiger partial charge in [-0.1, -0.05) is 42.5 Å². The van der Waals surface area contributed by atoms with Gasteiger partial charge in [0.05, 0.1) is 4.92 Å². The van der Waals surface area contributed by atoms with Gasteiger partial charge in [0.25, 0.3) is 11.6 Å². The molecule has 108 valence electrons. The molecule has 0 saturated heterocycles. The van der Waals surface area contributed by atoms with E-state index < -0.39 is 4.92 Å². The molecule has 0 fully saturated rings. The summed E-state index contributed by atoms with van der Waals surface area (Å²) in [6.07, 6.45) is 5.30. The first-order valence-electron chi connectivity index (χ1n) is 6.69. The molecule has 1 amide bonds. The number of hydrogen-bond acceptors (Lipinski definition) is 3. The molecule has 22 heavy (non-hydrogen) atoms. The highest BCUT2D eigenvalue weighted by Crippen LogP contribution is 2.34. The van der Waals surface area contributed by atoms with Gasteiger partial charge in [-0.25, -0.2) is 0 Å². The van der Waals surface area contributed by atoms with E-state index in [9.17, 15) is 14.9 Å². The normalized spacial score (nSPS) is 15.1. The lowest BCUT2D eigenvalue weighted by atomic mass is 10.1. The smallest absolute Gasteiger partial charge is 0.270 e. The van der Waals surface area contributed by atoms with E-state index in [4.69, 9.17) is 0 Å². The van der Waals surface area contributed by atoms with Crippen LogP contribution in [0.4, 0.5) is 11.4 Å². The summed E-state index contributed by atoms with van der Waals surface area (Å²) in [4.78, 5) is 22.4. The topological polar surface area (TPSA) is 72.2 Å². The third kappa shape index (κ3) is 2.64. The van der Waals surface area contributed by atoms with Crippen LogP contribution in [0, 0.1) is 10.1 Å². The minimum absolute atomic E-state index is 0.0341. The van der Waals surface area contributed by atoms with Crippen LogP contribution in [0.5, 0.6) is 0 Å². The first kappa shape index (κ1) is 13.8. The van der Waals surface area contributed by atoms with Crippen molar-refractivity contribution in [2.45, 2.75) is 0 Å². The maximum atomic E-state index is 12.0. The number of amides is 1. The second-order valence-electron chi connectivity index (χ2n) is 4.79. The lowest BCUT2D eigenvalue weighted by Gasteiger charge is -1.97. The number of rotatable bonds is 3. The summed E-state index contributed by atoms with van der Waals surface area (Å²) in [5.41, 5.74) is 2.54. The van der Waals surface area contributed by atoms with E-state index in [2.05, 4.69) is 5.32 Å². The van der Waals surface area contributed by atoms with Gasteiger partial charge in [-0.3, -0.25) is 14.9 Å². The Morgan fingerprint density at radius 1 is 1.09 bits per heavy atom. The van der Waals surface area contributed by atoms with Crippen LogP contribution in [0.2, 0.25) is 0 Å². The molecular formula is C17H12N2O3.